The monoisotopic (exact) mass is 425 g/mol. The molecule has 3 rings (SSSR count). The normalized spacial score (nSPS) is 16.2. The standard InChI is InChI=1S/C25H31NO5/c1-2-25(15-7-4-8-16-25)31-24(29)26-22(17-19-11-13-21(27)14-12-19)23(28)30-18-20-9-5-3-6-10-20/h3,5-6,9-14,22,27H,2,4,7-8,15-18H2,1H3,(H,26,29). The predicted molar refractivity (Wildman–Crippen MR) is 118 cm³/mol. The summed E-state index contributed by atoms with van der Waals surface area (Å²) in [5.41, 5.74) is 1.20. The fraction of sp³-hybridized carbons (Fsp3) is 0.440. The van der Waals surface area contributed by atoms with Crippen molar-refractivity contribution in [2.24, 2.45) is 0 Å². The molecule has 0 bridgehead atoms. The molecule has 2 aromatic rings. The molecule has 0 aromatic heterocycles. The van der Waals surface area contributed by atoms with E-state index in [1.165, 1.54) is 0 Å². The topological polar surface area (TPSA) is 84.9 Å². The van der Waals surface area contributed by atoms with E-state index in [1.54, 1.807) is 24.3 Å². The lowest BCUT2D eigenvalue weighted by Crippen LogP contribution is -2.47. The van der Waals surface area contributed by atoms with Gasteiger partial charge in [0.25, 0.3) is 0 Å². The maximum atomic E-state index is 12.8. The average molecular weight is 426 g/mol. The Kier molecular flexibility index (Phi) is 7.93. The number of phenols is 1. The van der Waals surface area contributed by atoms with Gasteiger partial charge < -0.3 is 19.9 Å². The van der Waals surface area contributed by atoms with Gasteiger partial charge in [0.05, 0.1) is 0 Å². The third kappa shape index (κ3) is 6.74. The molecule has 2 N–H and O–H groups in total. The first-order valence-electron chi connectivity index (χ1n) is 11.0. The molecule has 0 radical (unpaired) electrons. The second-order valence-corrected chi connectivity index (χ2v) is 8.15. The molecule has 1 aliphatic rings. The number of hydrogen-bond acceptors (Lipinski definition) is 5. The van der Waals surface area contributed by atoms with Gasteiger partial charge >= 0.3 is 12.1 Å². The fourth-order valence-electron chi connectivity index (χ4n) is 3.98. The van der Waals surface area contributed by atoms with Crippen LogP contribution in [0.2, 0.25) is 0 Å². The number of rotatable bonds is 8. The number of carbonyl (C=O) groups excluding carboxylic acids is 2. The minimum absolute atomic E-state index is 0.126. The highest BCUT2D eigenvalue weighted by molar-refractivity contribution is 5.81. The molecule has 1 saturated carbocycles. The van der Waals surface area contributed by atoms with Crippen LogP contribution in [0.4, 0.5) is 4.79 Å². The van der Waals surface area contributed by atoms with E-state index in [9.17, 15) is 14.7 Å². The van der Waals surface area contributed by atoms with Crippen molar-refractivity contribution < 1.29 is 24.2 Å². The van der Waals surface area contributed by atoms with Crippen molar-refractivity contribution in [3.8, 4) is 5.75 Å². The minimum Gasteiger partial charge on any atom is -0.508 e. The number of benzene rings is 2. The zero-order chi connectivity index (χ0) is 22.1. The summed E-state index contributed by atoms with van der Waals surface area (Å²) in [4.78, 5) is 25.6. The van der Waals surface area contributed by atoms with Crippen LogP contribution >= 0.6 is 0 Å². The molecule has 166 valence electrons. The van der Waals surface area contributed by atoms with E-state index in [0.717, 1.165) is 49.7 Å². The summed E-state index contributed by atoms with van der Waals surface area (Å²) in [6, 6.07) is 15.0. The highest BCUT2D eigenvalue weighted by atomic mass is 16.6. The lowest BCUT2D eigenvalue weighted by molar-refractivity contribution is -0.147. The van der Waals surface area contributed by atoms with Crippen molar-refractivity contribution >= 4 is 12.1 Å². The molecule has 1 aliphatic carbocycles. The number of carbonyl (C=O) groups is 2. The zero-order valence-electron chi connectivity index (χ0n) is 18.0. The van der Waals surface area contributed by atoms with Crippen LogP contribution in [0.3, 0.4) is 0 Å². The zero-order valence-corrected chi connectivity index (χ0v) is 18.0. The molecule has 0 spiro atoms. The van der Waals surface area contributed by atoms with Gasteiger partial charge in [-0.15, -0.1) is 0 Å². The first-order valence-corrected chi connectivity index (χ1v) is 11.0. The molecule has 6 nitrogen and oxygen atoms in total. The second-order valence-electron chi connectivity index (χ2n) is 8.15. The SMILES string of the molecule is CCC1(OC(=O)NC(Cc2ccc(O)cc2)C(=O)OCc2ccccc2)CCCCC1. The maximum absolute atomic E-state index is 12.8. The summed E-state index contributed by atoms with van der Waals surface area (Å²) >= 11 is 0. The Labute approximate surface area is 183 Å². The van der Waals surface area contributed by atoms with Gasteiger partial charge in [-0.3, -0.25) is 0 Å². The summed E-state index contributed by atoms with van der Waals surface area (Å²) in [5, 5.41) is 12.2. The van der Waals surface area contributed by atoms with Gasteiger partial charge in [-0.1, -0.05) is 55.8 Å². The lowest BCUT2D eigenvalue weighted by Gasteiger charge is -2.36. The first-order chi connectivity index (χ1) is 15.0. The third-order valence-corrected chi connectivity index (χ3v) is 5.90. The Hall–Kier alpha value is -3.02. The van der Waals surface area contributed by atoms with Crippen LogP contribution in [-0.4, -0.2) is 28.8 Å². The van der Waals surface area contributed by atoms with Crippen LogP contribution in [0.15, 0.2) is 54.6 Å². The van der Waals surface area contributed by atoms with Gasteiger partial charge in [-0.25, -0.2) is 9.59 Å². The summed E-state index contributed by atoms with van der Waals surface area (Å²) in [7, 11) is 0. The Bertz CT molecular complexity index is 844. The minimum atomic E-state index is -0.891. The van der Waals surface area contributed by atoms with Gasteiger partial charge in [0.2, 0.25) is 0 Å². The predicted octanol–water partition coefficient (Wildman–Crippen LogP) is 4.89. The summed E-state index contributed by atoms with van der Waals surface area (Å²) < 4.78 is 11.3. The second kappa shape index (κ2) is 10.8. The summed E-state index contributed by atoms with van der Waals surface area (Å²) in [5.74, 6) is -0.385. The van der Waals surface area contributed by atoms with Crippen molar-refractivity contribution in [1.82, 2.24) is 5.32 Å². The van der Waals surface area contributed by atoms with Crippen molar-refractivity contribution in [2.75, 3.05) is 0 Å². The van der Waals surface area contributed by atoms with Crippen molar-refractivity contribution in [3.05, 3.63) is 65.7 Å². The summed E-state index contributed by atoms with van der Waals surface area (Å²) in [6.45, 7) is 2.15. The van der Waals surface area contributed by atoms with E-state index in [1.807, 2.05) is 37.3 Å². The van der Waals surface area contributed by atoms with Crippen LogP contribution in [0.25, 0.3) is 0 Å². The van der Waals surface area contributed by atoms with Gasteiger partial charge in [0.1, 0.15) is 24.0 Å². The molecule has 1 amide bonds. The van der Waals surface area contributed by atoms with Crippen LogP contribution in [0.1, 0.15) is 56.6 Å². The van der Waals surface area contributed by atoms with Gasteiger partial charge in [0, 0.05) is 6.42 Å². The van der Waals surface area contributed by atoms with E-state index in [4.69, 9.17) is 9.47 Å². The van der Waals surface area contributed by atoms with E-state index in [0.29, 0.717) is 0 Å². The molecule has 2 aromatic carbocycles. The third-order valence-electron chi connectivity index (χ3n) is 5.90. The van der Waals surface area contributed by atoms with E-state index < -0.39 is 23.7 Å². The average Bonchev–Trinajstić information content (AvgIpc) is 2.79. The number of amides is 1. The molecular weight excluding hydrogens is 394 g/mol. The Balaban J connectivity index is 1.67. The van der Waals surface area contributed by atoms with E-state index in [-0.39, 0.29) is 18.8 Å². The molecule has 1 atom stereocenters. The maximum Gasteiger partial charge on any atom is 0.408 e. The number of phenolic OH excluding ortho intramolecular Hbond substituents is 1. The largest absolute Gasteiger partial charge is 0.508 e. The Morgan fingerprint density at radius 3 is 2.32 bits per heavy atom. The van der Waals surface area contributed by atoms with Gasteiger partial charge in [-0.2, -0.15) is 0 Å². The number of hydrogen-bond donors (Lipinski definition) is 2. The lowest BCUT2D eigenvalue weighted by atomic mass is 9.83. The highest BCUT2D eigenvalue weighted by Crippen LogP contribution is 2.34. The number of alkyl carbamates (subject to hydrolysis) is 1. The smallest absolute Gasteiger partial charge is 0.408 e. The number of nitrogens with one attached hydrogen (secondary N) is 1. The molecule has 1 fully saturated rings. The molecular formula is C25H31NO5. The summed E-state index contributed by atoms with van der Waals surface area (Å²) in [6.07, 6.45) is 5.32. The molecule has 0 saturated heterocycles. The highest BCUT2D eigenvalue weighted by Gasteiger charge is 2.35. The Morgan fingerprint density at radius 2 is 1.68 bits per heavy atom. The van der Waals surface area contributed by atoms with Crippen molar-refractivity contribution in [3.63, 3.8) is 0 Å². The van der Waals surface area contributed by atoms with Crippen LogP contribution in [0.5, 0.6) is 5.75 Å². The molecule has 1 unspecified atom stereocenters. The number of ether oxygens (including phenoxy) is 2. The van der Waals surface area contributed by atoms with Gasteiger partial charge in [-0.05, 0) is 55.4 Å². The van der Waals surface area contributed by atoms with Crippen molar-refractivity contribution in [2.45, 2.75) is 70.1 Å². The first kappa shape index (κ1) is 22.7. The van der Waals surface area contributed by atoms with Crippen molar-refractivity contribution in [1.29, 1.82) is 0 Å². The Morgan fingerprint density at radius 1 is 1.00 bits per heavy atom. The van der Waals surface area contributed by atoms with Gasteiger partial charge in [0.15, 0.2) is 0 Å². The molecule has 0 aliphatic heterocycles. The molecule has 31 heavy (non-hydrogen) atoms. The van der Waals surface area contributed by atoms with Crippen LogP contribution in [-0.2, 0) is 27.3 Å². The molecule has 6 heteroatoms. The number of esters is 1. The van der Waals surface area contributed by atoms with E-state index in [2.05, 4.69) is 5.32 Å². The quantitative estimate of drug-likeness (QED) is 0.589. The number of aromatic hydroxyl groups is 1. The molecule has 0 heterocycles. The van der Waals surface area contributed by atoms with E-state index >= 15 is 0 Å². The fourth-order valence-corrected chi connectivity index (χ4v) is 3.98. The van der Waals surface area contributed by atoms with Crippen LogP contribution in [0, 0.1) is 0 Å². The van der Waals surface area contributed by atoms with Crippen LogP contribution < -0.4 is 5.32 Å².